The quantitative estimate of drug-likeness (QED) is 0.738. The van der Waals surface area contributed by atoms with Crippen molar-refractivity contribution in [2.24, 2.45) is 0 Å². The molecule has 1 aliphatic rings. The lowest BCUT2D eigenvalue weighted by Gasteiger charge is -2.36. The fourth-order valence-corrected chi connectivity index (χ4v) is 3.50. The molecular formula is C22H26N6. The van der Waals surface area contributed by atoms with Crippen LogP contribution in [0.25, 0.3) is 0 Å². The molecule has 144 valence electrons. The highest BCUT2D eigenvalue weighted by Gasteiger charge is 2.19. The minimum Gasteiger partial charge on any atom is -0.353 e. The van der Waals surface area contributed by atoms with Crippen LogP contribution in [0.4, 0.5) is 17.6 Å². The fraction of sp³-hybridized carbons (Fsp3) is 0.318. The smallest absolute Gasteiger partial charge is 0.225 e. The summed E-state index contributed by atoms with van der Waals surface area (Å²) in [6, 6.07) is 16.6. The molecule has 0 atom stereocenters. The van der Waals surface area contributed by atoms with Gasteiger partial charge in [0.15, 0.2) is 0 Å². The van der Waals surface area contributed by atoms with Crippen molar-refractivity contribution in [3.63, 3.8) is 0 Å². The molecule has 3 aromatic rings. The number of aryl methyl sites for hydroxylation is 2. The highest BCUT2D eigenvalue weighted by Crippen LogP contribution is 2.19. The molecule has 1 fully saturated rings. The summed E-state index contributed by atoms with van der Waals surface area (Å²) in [7, 11) is 0. The van der Waals surface area contributed by atoms with E-state index in [1.54, 1.807) is 0 Å². The number of hydrogen-bond donors (Lipinski definition) is 1. The number of pyridine rings is 1. The van der Waals surface area contributed by atoms with Crippen molar-refractivity contribution in [2.45, 2.75) is 20.4 Å². The highest BCUT2D eigenvalue weighted by molar-refractivity contribution is 5.48. The number of piperazine rings is 1. The molecule has 0 aliphatic carbocycles. The van der Waals surface area contributed by atoms with Crippen LogP contribution in [0.1, 0.15) is 16.8 Å². The standard InChI is InChI=1S/C22H26N6/c1-17-6-5-7-19(14-17)16-24-22-25-18(2)15-21(26-22)28-12-10-27(11-13-28)20-8-3-4-9-23-20/h3-9,14-15H,10-13,16H2,1-2H3,(H,24,25,26). The third-order valence-corrected chi connectivity index (χ3v) is 4.95. The Labute approximate surface area is 166 Å². The van der Waals surface area contributed by atoms with Gasteiger partial charge in [-0.1, -0.05) is 35.9 Å². The van der Waals surface area contributed by atoms with E-state index in [0.717, 1.165) is 50.1 Å². The Morgan fingerprint density at radius 3 is 2.36 bits per heavy atom. The van der Waals surface area contributed by atoms with E-state index in [-0.39, 0.29) is 0 Å². The van der Waals surface area contributed by atoms with Gasteiger partial charge in [-0.25, -0.2) is 9.97 Å². The summed E-state index contributed by atoms with van der Waals surface area (Å²) in [6.45, 7) is 8.56. The number of aromatic nitrogens is 3. The number of hydrogen-bond acceptors (Lipinski definition) is 6. The topological polar surface area (TPSA) is 57.2 Å². The van der Waals surface area contributed by atoms with Crippen LogP contribution >= 0.6 is 0 Å². The van der Waals surface area contributed by atoms with Gasteiger partial charge in [0.2, 0.25) is 5.95 Å². The monoisotopic (exact) mass is 374 g/mol. The summed E-state index contributed by atoms with van der Waals surface area (Å²) in [4.78, 5) is 18.4. The zero-order chi connectivity index (χ0) is 19.3. The first kappa shape index (κ1) is 18.2. The van der Waals surface area contributed by atoms with Gasteiger partial charge in [-0.3, -0.25) is 0 Å². The van der Waals surface area contributed by atoms with E-state index in [9.17, 15) is 0 Å². The van der Waals surface area contributed by atoms with E-state index in [2.05, 4.69) is 68.4 Å². The largest absolute Gasteiger partial charge is 0.353 e. The molecule has 3 heterocycles. The van der Waals surface area contributed by atoms with E-state index in [4.69, 9.17) is 4.98 Å². The van der Waals surface area contributed by atoms with Crippen LogP contribution < -0.4 is 15.1 Å². The summed E-state index contributed by atoms with van der Waals surface area (Å²) in [5, 5.41) is 3.37. The molecule has 0 unspecified atom stereocenters. The molecule has 0 amide bonds. The van der Waals surface area contributed by atoms with Gasteiger partial charge in [0, 0.05) is 50.7 Å². The Morgan fingerprint density at radius 1 is 0.857 bits per heavy atom. The lowest BCUT2D eigenvalue weighted by molar-refractivity contribution is 0.641. The van der Waals surface area contributed by atoms with Gasteiger partial charge in [0.1, 0.15) is 11.6 Å². The van der Waals surface area contributed by atoms with Crippen molar-refractivity contribution in [1.82, 2.24) is 15.0 Å². The van der Waals surface area contributed by atoms with E-state index in [1.165, 1.54) is 11.1 Å². The lowest BCUT2D eigenvalue weighted by atomic mass is 10.1. The summed E-state index contributed by atoms with van der Waals surface area (Å²) < 4.78 is 0. The van der Waals surface area contributed by atoms with E-state index >= 15 is 0 Å². The average Bonchev–Trinajstić information content (AvgIpc) is 2.73. The van der Waals surface area contributed by atoms with E-state index in [1.807, 2.05) is 25.3 Å². The molecule has 1 aromatic carbocycles. The Morgan fingerprint density at radius 2 is 1.64 bits per heavy atom. The maximum absolute atomic E-state index is 4.76. The van der Waals surface area contributed by atoms with Crippen molar-refractivity contribution in [3.8, 4) is 0 Å². The summed E-state index contributed by atoms with van der Waals surface area (Å²) >= 11 is 0. The minimum absolute atomic E-state index is 0.684. The predicted octanol–water partition coefficient (Wildman–Crippen LogP) is 3.43. The third-order valence-electron chi connectivity index (χ3n) is 4.95. The average molecular weight is 374 g/mol. The molecule has 28 heavy (non-hydrogen) atoms. The number of rotatable bonds is 5. The molecule has 6 nitrogen and oxygen atoms in total. The van der Waals surface area contributed by atoms with Crippen LogP contribution in [0.5, 0.6) is 0 Å². The highest BCUT2D eigenvalue weighted by atomic mass is 15.3. The number of nitrogens with one attached hydrogen (secondary N) is 1. The van der Waals surface area contributed by atoms with Gasteiger partial charge in [0.25, 0.3) is 0 Å². The van der Waals surface area contributed by atoms with Crippen molar-refractivity contribution < 1.29 is 0 Å². The van der Waals surface area contributed by atoms with Gasteiger partial charge >= 0.3 is 0 Å². The van der Waals surface area contributed by atoms with Gasteiger partial charge in [-0.2, -0.15) is 4.98 Å². The summed E-state index contributed by atoms with van der Waals surface area (Å²) in [5.74, 6) is 2.71. The van der Waals surface area contributed by atoms with E-state index in [0.29, 0.717) is 5.95 Å². The lowest BCUT2D eigenvalue weighted by Crippen LogP contribution is -2.47. The van der Waals surface area contributed by atoms with Gasteiger partial charge in [-0.15, -0.1) is 0 Å². The summed E-state index contributed by atoms with van der Waals surface area (Å²) in [5.41, 5.74) is 3.47. The second-order valence-electron chi connectivity index (χ2n) is 7.20. The normalized spacial score (nSPS) is 14.2. The fourth-order valence-electron chi connectivity index (χ4n) is 3.50. The first-order valence-corrected chi connectivity index (χ1v) is 9.73. The molecule has 2 aromatic heterocycles. The van der Waals surface area contributed by atoms with Crippen molar-refractivity contribution in [2.75, 3.05) is 41.3 Å². The summed E-state index contributed by atoms with van der Waals surface area (Å²) in [6.07, 6.45) is 1.85. The molecule has 4 rings (SSSR count). The molecule has 0 radical (unpaired) electrons. The van der Waals surface area contributed by atoms with Gasteiger partial charge < -0.3 is 15.1 Å². The molecule has 1 saturated heterocycles. The van der Waals surface area contributed by atoms with Crippen molar-refractivity contribution in [3.05, 3.63) is 71.5 Å². The molecule has 0 saturated carbocycles. The van der Waals surface area contributed by atoms with Crippen LogP contribution in [0.2, 0.25) is 0 Å². The van der Waals surface area contributed by atoms with Crippen LogP contribution in [0.15, 0.2) is 54.7 Å². The SMILES string of the molecule is Cc1cccc(CNc2nc(C)cc(N3CCN(c4ccccn4)CC3)n2)c1. The zero-order valence-electron chi connectivity index (χ0n) is 16.5. The maximum atomic E-state index is 4.76. The molecule has 0 spiro atoms. The first-order valence-electron chi connectivity index (χ1n) is 9.73. The van der Waals surface area contributed by atoms with Crippen LogP contribution in [-0.2, 0) is 6.54 Å². The number of nitrogens with zero attached hydrogens (tertiary/aromatic N) is 5. The second kappa shape index (κ2) is 8.25. The Kier molecular flexibility index (Phi) is 5.37. The number of benzene rings is 1. The Hall–Kier alpha value is -3.15. The van der Waals surface area contributed by atoms with Crippen LogP contribution in [0, 0.1) is 13.8 Å². The Balaban J connectivity index is 1.41. The van der Waals surface area contributed by atoms with Crippen molar-refractivity contribution in [1.29, 1.82) is 0 Å². The van der Waals surface area contributed by atoms with Crippen LogP contribution in [-0.4, -0.2) is 41.1 Å². The molecular weight excluding hydrogens is 348 g/mol. The minimum atomic E-state index is 0.684. The van der Waals surface area contributed by atoms with Gasteiger partial charge in [-0.05, 0) is 31.5 Å². The maximum Gasteiger partial charge on any atom is 0.225 e. The molecule has 1 aliphatic heterocycles. The van der Waals surface area contributed by atoms with E-state index < -0.39 is 0 Å². The Bertz CT molecular complexity index is 919. The first-order chi connectivity index (χ1) is 13.7. The van der Waals surface area contributed by atoms with Gasteiger partial charge in [0.05, 0.1) is 0 Å². The van der Waals surface area contributed by atoms with Crippen LogP contribution in [0.3, 0.4) is 0 Å². The molecule has 1 N–H and O–H groups in total. The predicted molar refractivity (Wildman–Crippen MR) is 114 cm³/mol. The second-order valence-corrected chi connectivity index (χ2v) is 7.20. The number of anilines is 3. The third kappa shape index (κ3) is 4.39. The van der Waals surface area contributed by atoms with Crippen molar-refractivity contribution >= 4 is 17.6 Å². The molecule has 0 bridgehead atoms. The molecule has 6 heteroatoms. The zero-order valence-corrected chi connectivity index (χ0v) is 16.5.